The van der Waals surface area contributed by atoms with Gasteiger partial charge in [-0.15, -0.1) is 0 Å². The van der Waals surface area contributed by atoms with E-state index < -0.39 is 0 Å². The largest absolute Gasteiger partial charge is 0.317 e. The maximum Gasteiger partial charge on any atom is 0.00957 e. The lowest BCUT2D eigenvalue weighted by molar-refractivity contribution is 0.429. The molecule has 0 amide bonds. The molecule has 0 saturated heterocycles. The molecule has 0 aromatic heterocycles. The van der Waals surface area contributed by atoms with Gasteiger partial charge in [0.25, 0.3) is 0 Å². The molecule has 1 saturated carbocycles. The summed E-state index contributed by atoms with van der Waals surface area (Å²) in [5.41, 5.74) is 3.02. The average molecular weight is 217 g/mol. The lowest BCUT2D eigenvalue weighted by atomic mass is 9.88. The second-order valence-electron chi connectivity index (χ2n) is 5.04. The summed E-state index contributed by atoms with van der Waals surface area (Å²) in [5, 5.41) is 3.44. The zero-order valence-corrected chi connectivity index (χ0v) is 10.7. The Morgan fingerprint density at radius 1 is 1.31 bits per heavy atom. The smallest absolute Gasteiger partial charge is 0.00957 e. The highest BCUT2D eigenvalue weighted by molar-refractivity contribution is 5.28. The highest BCUT2D eigenvalue weighted by Crippen LogP contribution is 2.39. The minimum absolute atomic E-state index is 0.704. The molecule has 1 aliphatic carbocycles. The van der Waals surface area contributed by atoms with Crippen molar-refractivity contribution in [3.05, 3.63) is 35.4 Å². The standard InChI is InChI=1S/C15H23N/c1-4-12-6-5-7-13(10-12)14-8-9-15(16-3)11(14)2/h5-7,10-11,14-16H,4,8-9H2,1-3H3. The van der Waals surface area contributed by atoms with Gasteiger partial charge in [0.15, 0.2) is 0 Å². The molecule has 1 N–H and O–H groups in total. The van der Waals surface area contributed by atoms with E-state index in [4.69, 9.17) is 0 Å². The first-order valence-electron chi connectivity index (χ1n) is 6.52. The molecular formula is C15H23N. The van der Waals surface area contributed by atoms with Crippen molar-refractivity contribution in [1.82, 2.24) is 5.32 Å². The van der Waals surface area contributed by atoms with E-state index in [1.54, 1.807) is 5.56 Å². The Balaban J connectivity index is 2.18. The van der Waals surface area contributed by atoms with Crippen molar-refractivity contribution in [3.8, 4) is 0 Å². The summed E-state index contributed by atoms with van der Waals surface area (Å²) < 4.78 is 0. The fraction of sp³-hybridized carbons (Fsp3) is 0.600. The predicted octanol–water partition coefficient (Wildman–Crippen LogP) is 3.35. The Labute approximate surface area is 99.3 Å². The Morgan fingerprint density at radius 3 is 2.75 bits per heavy atom. The van der Waals surface area contributed by atoms with Gasteiger partial charge in [-0.2, -0.15) is 0 Å². The first-order valence-corrected chi connectivity index (χ1v) is 6.52. The molecule has 2 rings (SSSR count). The molecule has 1 aliphatic rings. The molecule has 0 heterocycles. The molecule has 16 heavy (non-hydrogen) atoms. The van der Waals surface area contributed by atoms with Crippen LogP contribution < -0.4 is 5.32 Å². The zero-order chi connectivity index (χ0) is 11.5. The van der Waals surface area contributed by atoms with Crippen LogP contribution in [0, 0.1) is 5.92 Å². The Morgan fingerprint density at radius 2 is 2.12 bits per heavy atom. The summed E-state index contributed by atoms with van der Waals surface area (Å²) in [6.07, 6.45) is 3.79. The second-order valence-corrected chi connectivity index (χ2v) is 5.04. The predicted molar refractivity (Wildman–Crippen MR) is 69.8 cm³/mol. The zero-order valence-electron chi connectivity index (χ0n) is 10.7. The van der Waals surface area contributed by atoms with Gasteiger partial charge in [0.2, 0.25) is 0 Å². The Hall–Kier alpha value is -0.820. The van der Waals surface area contributed by atoms with Gasteiger partial charge in [0.1, 0.15) is 0 Å². The van der Waals surface area contributed by atoms with Crippen molar-refractivity contribution < 1.29 is 0 Å². The van der Waals surface area contributed by atoms with Gasteiger partial charge in [-0.05, 0) is 49.3 Å². The van der Waals surface area contributed by atoms with Gasteiger partial charge in [0, 0.05) is 6.04 Å². The molecule has 0 spiro atoms. The maximum absolute atomic E-state index is 3.44. The van der Waals surface area contributed by atoms with Crippen LogP contribution in [0.15, 0.2) is 24.3 Å². The average Bonchev–Trinajstić information content (AvgIpc) is 2.70. The fourth-order valence-electron chi connectivity index (χ4n) is 3.09. The minimum Gasteiger partial charge on any atom is -0.317 e. The molecule has 0 radical (unpaired) electrons. The summed E-state index contributed by atoms with van der Waals surface area (Å²) in [4.78, 5) is 0. The lowest BCUT2D eigenvalue weighted by Crippen LogP contribution is -2.28. The first-order chi connectivity index (χ1) is 7.76. The second kappa shape index (κ2) is 5.01. The van der Waals surface area contributed by atoms with E-state index in [-0.39, 0.29) is 0 Å². The highest BCUT2D eigenvalue weighted by Gasteiger charge is 2.32. The Bertz CT molecular complexity index is 345. The van der Waals surface area contributed by atoms with E-state index in [1.165, 1.54) is 18.4 Å². The third-order valence-electron chi connectivity index (χ3n) is 4.22. The van der Waals surface area contributed by atoms with Crippen molar-refractivity contribution in [3.63, 3.8) is 0 Å². The van der Waals surface area contributed by atoms with Crippen molar-refractivity contribution in [1.29, 1.82) is 0 Å². The SMILES string of the molecule is CCc1cccc(C2CCC(NC)C2C)c1. The molecule has 0 bridgehead atoms. The van der Waals surface area contributed by atoms with Crippen LogP contribution in [-0.2, 0) is 6.42 Å². The highest BCUT2D eigenvalue weighted by atomic mass is 14.9. The van der Waals surface area contributed by atoms with Gasteiger partial charge in [-0.1, -0.05) is 38.1 Å². The van der Waals surface area contributed by atoms with Crippen LogP contribution in [0.5, 0.6) is 0 Å². The normalized spacial score (nSPS) is 29.6. The molecule has 1 nitrogen and oxygen atoms in total. The first kappa shape index (κ1) is 11.7. The van der Waals surface area contributed by atoms with Crippen molar-refractivity contribution in [2.45, 2.75) is 45.1 Å². The van der Waals surface area contributed by atoms with E-state index in [0.29, 0.717) is 6.04 Å². The number of hydrogen-bond donors (Lipinski definition) is 1. The van der Waals surface area contributed by atoms with Crippen LogP contribution in [0.1, 0.15) is 43.7 Å². The number of nitrogens with one attached hydrogen (secondary N) is 1. The van der Waals surface area contributed by atoms with Gasteiger partial charge in [-0.25, -0.2) is 0 Å². The molecule has 1 fully saturated rings. The Kier molecular flexibility index (Phi) is 3.65. The third kappa shape index (κ3) is 2.15. The van der Waals surface area contributed by atoms with Crippen LogP contribution in [0.25, 0.3) is 0 Å². The van der Waals surface area contributed by atoms with Gasteiger partial charge in [0.05, 0.1) is 0 Å². The lowest BCUT2D eigenvalue weighted by Gasteiger charge is -2.21. The molecule has 88 valence electrons. The van der Waals surface area contributed by atoms with E-state index in [2.05, 4.69) is 50.5 Å². The summed E-state index contributed by atoms with van der Waals surface area (Å²) in [7, 11) is 2.09. The van der Waals surface area contributed by atoms with Crippen LogP contribution in [0.2, 0.25) is 0 Å². The summed E-state index contributed by atoms with van der Waals surface area (Å²) in [6.45, 7) is 4.62. The molecule has 1 heteroatoms. The van der Waals surface area contributed by atoms with Crippen LogP contribution in [0.4, 0.5) is 0 Å². The molecule has 3 unspecified atom stereocenters. The maximum atomic E-state index is 3.44. The third-order valence-corrected chi connectivity index (χ3v) is 4.22. The number of rotatable bonds is 3. The van der Waals surface area contributed by atoms with Crippen molar-refractivity contribution in [2.24, 2.45) is 5.92 Å². The molecule has 1 aromatic rings. The van der Waals surface area contributed by atoms with Crippen LogP contribution in [-0.4, -0.2) is 13.1 Å². The molecule has 3 atom stereocenters. The fourth-order valence-corrected chi connectivity index (χ4v) is 3.09. The number of aryl methyl sites for hydroxylation is 1. The molecular weight excluding hydrogens is 194 g/mol. The minimum atomic E-state index is 0.704. The van der Waals surface area contributed by atoms with Crippen molar-refractivity contribution >= 4 is 0 Å². The van der Waals surface area contributed by atoms with E-state index in [9.17, 15) is 0 Å². The van der Waals surface area contributed by atoms with E-state index in [0.717, 1.165) is 18.3 Å². The quantitative estimate of drug-likeness (QED) is 0.818. The molecule has 1 aromatic carbocycles. The van der Waals surface area contributed by atoms with Crippen LogP contribution >= 0.6 is 0 Å². The number of benzene rings is 1. The summed E-state index contributed by atoms with van der Waals surface area (Å²) >= 11 is 0. The number of hydrogen-bond acceptors (Lipinski definition) is 1. The van der Waals surface area contributed by atoms with Crippen LogP contribution in [0.3, 0.4) is 0 Å². The molecule has 0 aliphatic heterocycles. The van der Waals surface area contributed by atoms with E-state index >= 15 is 0 Å². The van der Waals surface area contributed by atoms with Gasteiger partial charge >= 0.3 is 0 Å². The topological polar surface area (TPSA) is 12.0 Å². The summed E-state index contributed by atoms with van der Waals surface area (Å²) in [5.74, 6) is 1.51. The summed E-state index contributed by atoms with van der Waals surface area (Å²) in [6, 6.07) is 9.86. The monoisotopic (exact) mass is 217 g/mol. The van der Waals surface area contributed by atoms with E-state index in [1.807, 2.05) is 0 Å². The van der Waals surface area contributed by atoms with Crippen molar-refractivity contribution in [2.75, 3.05) is 7.05 Å². The van der Waals surface area contributed by atoms with Gasteiger partial charge < -0.3 is 5.32 Å². The van der Waals surface area contributed by atoms with Gasteiger partial charge in [-0.3, -0.25) is 0 Å².